The average molecular weight is 236 g/mol. The number of hydrogen-bond acceptors (Lipinski definition) is 3. The van der Waals surface area contributed by atoms with Gasteiger partial charge in [-0.25, -0.2) is 5.48 Å². The summed E-state index contributed by atoms with van der Waals surface area (Å²) in [6.45, 7) is -0.301. The van der Waals surface area contributed by atoms with Gasteiger partial charge in [-0.15, -0.1) is 0 Å². The minimum Gasteiger partial charge on any atom is -0.368 e. The van der Waals surface area contributed by atoms with Crippen LogP contribution < -0.4 is 11.2 Å². The van der Waals surface area contributed by atoms with E-state index in [1.807, 2.05) is 30.3 Å². The van der Waals surface area contributed by atoms with Crippen molar-refractivity contribution in [3.05, 3.63) is 35.9 Å². The molecule has 0 unspecified atom stereocenters. The lowest BCUT2D eigenvalue weighted by Gasteiger charge is -2.04. The molecule has 0 saturated heterocycles. The Morgan fingerprint density at radius 2 is 1.94 bits per heavy atom. The van der Waals surface area contributed by atoms with Crippen LogP contribution in [0.1, 0.15) is 18.4 Å². The lowest BCUT2D eigenvalue weighted by molar-refractivity contribution is -0.138. The van der Waals surface area contributed by atoms with Gasteiger partial charge in [0, 0.05) is 6.42 Å². The van der Waals surface area contributed by atoms with Gasteiger partial charge in [-0.05, 0) is 18.4 Å². The molecular weight excluding hydrogens is 220 g/mol. The van der Waals surface area contributed by atoms with E-state index in [-0.39, 0.29) is 12.5 Å². The summed E-state index contributed by atoms with van der Waals surface area (Å²) in [5, 5.41) is 0. The number of primary amides is 1. The molecule has 0 aliphatic rings. The Morgan fingerprint density at radius 3 is 2.59 bits per heavy atom. The van der Waals surface area contributed by atoms with Crippen LogP contribution in [0.15, 0.2) is 30.3 Å². The van der Waals surface area contributed by atoms with Crippen LogP contribution >= 0.6 is 0 Å². The van der Waals surface area contributed by atoms with Crippen LogP contribution in [0, 0.1) is 0 Å². The quantitative estimate of drug-likeness (QED) is 0.678. The summed E-state index contributed by atoms with van der Waals surface area (Å²) in [7, 11) is 0. The van der Waals surface area contributed by atoms with Crippen LogP contribution in [0.25, 0.3) is 0 Å². The van der Waals surface area contributed by atoms with Crippen molar-refractivity contribution >= 4 is 11.8 Å². The normalized spacial score (nSPS) is 9.88. The fraction of sp³-hybridized carbons (Fsp3) is 0.333. The van der Waals surface area contributed by atoms with E-state index >= 15 is 0 Å². The van der Waals surface area contributed by atoms with Gasteiger partial charge in [0.25, 0.3) is 0 Å². The Labute approximate surface area is 99.9 Å². The molecular formula is C12H16N2O3. The molecule has 1 aromatic rings. The highest BCUT2D eigenvalue weighted by Gasteiger charge is 2.02. The number of hydrogen-bond donors (Lipinski definition) is 2. The molecule has 1 aromatic carbocycles. The highest BCUT2D eigenvalue weighted by atomic mass is 16.7. The topological polar surface area (TPSA) is 81.4 Å². The van der Waals surface area contributed by atoms with E-state index in [4.69, 9.17) is 5.73 Å². The molecule has 5 nitrogen and oxygen atoms in total. The summed E-state index contributed by atoms with van der Waals surface area (Å²) in [5.74, 6) is -0.864. The molecule has 5 heteroatoms. The molecule has 2 amide bonds. The summed E-state index contributed by atoms with van der Waals surface area (Å²) in [5.41, 5.74) is 8.19. The molecule has 0 heterocycles. The third-order valence-electron chi connectivity index (χ3n) is 2.11. The zero-order valence-electron chi connectivity index (χ0n) is 9.52. The van der Waals surface area contributed by atoms with Gasteiger partial charge >= 0.3 is 0 Å². The molecule has 17 heavy (non-hydrogen) atoms. The van der Waals surface area contributed by atoms with Crippen molar-refractivity contribution in [3.8, 4) is 0 Å². The van der Waals surface area contributed by atoms with E-state index < -0.39 is 5.91 Å². The summed E-state index contributed by atoms with van der Waals surface area (Å²) < 4.78 is 0. The fourth-order valence-electron chi connectivity index (χ4n) is 1.34. The monoisotopic (exact) mass is 236 g/mol. The first kappa shape index (κ1) is 13.2. The number of carbonyl (C=O) groups is 2. The minimum atomic E-state index is -0.616. The maximum atomic E-state index is 11.2. The first-order valence-electron chi connectivity index (χ1n) is 5.41. The second kappa shape index (κ2) is 7.40. The average Bonchev–Trinajstić information content (AvgIpc) is 2.30. The van der Waals surface area contributed by atoms with E-state index in [0.717, 1.165) is 12.8 Å². The number of rotatable bonds is 7. The Morgan fingerprint density at radius 1 is 1.24 bits per heavy atom. The van der Waals surface area contributed by atoms with E-state index in [1.165, 1.54) is 5.56 Å². The number of carbonyl (C=O) groups excluding carboxylic acids is 2. The molecule has 0 saturated carbocycles. The van der Waals surface area contributed by atoms with Gasteiger partial charge < -0.3 is 5.73 Å². The Hall–Kier alpha value is -1.88. The molecule has 0 radical (unpaired) electrons. The highest BCUT2D eigenvalue weighted by molar-refractivity contribution is 5.76. The molecule has 92 valence electrons. The molecule has 0 spiro atoms. The number of nitrogens with one attached hydrogen (secondary N) is 1. The first-order chi connectivity index (χ1) is 8.18. The van der Waals surface area contributed by atoms with Crippen molar-refractivity contribution in [1.29, 1.82) is 0 Å². The Kier molecular flexibility index (Phi) is 5.74. The van der Waals surface area contributed by atoms with E-state index in [9.17, 15) is 9.59 Å². The molecule has 0 aliphatic heterocycles. The van der Waals surface area contributed by atoms with Gasteiger partial charge in [0.15, 0.2) is 6.61 Å². The Bertz CT molecular complexity index is 365. The van der Waals surface area contributed by atoms with E-state index in [1.54, 1.807) is 0 Å². The largest absolute Gasteiger partial charge is 0.368 e. The van der Waals surface area contributed by atoms with Crippen molar-refractivity contribution in [2.24, 2.45) is 5.73 Å². The third-order valence-corrected chi connectivity index (χ3v) is 2.11. The van der Waals surface area contributed by atoms with Crippen LogP contribution in [0.5, 0.6) is 0 Å². The first-order valence-corrected chi connectivity index (χ1v) is 5.41. The van der Waals surface area contributed by atoms with Gasteiger partial charge in [-0.2, -0.15) is 0 Å². The smallest absolute Gasteiger partial charge is 0.246 e. The molecule has 0 aliphatic carbocycles. The van der Waals surface area contributed by atoms with Crippen molar-refractivity contribution in [1.82, 2.24) is 5.48 Å². The standard InChI is InChI=1S/C12H16N2O3/c13-11(15)9-17-14-12(16)8-4-7-10-5-2-1-3-6-10/h1-3,5-6H,4,7-9H2,(H2,13,15)(H,14,16). The predicted octanol–water partition coefficient (Wildman–Crippen LogP) is 0.542. The Balaban J connectivity index is 2.10. The van der Waals surface area contributed by atoms with Crippen LogP contribution in [0.3, 0.4) is 0 Å². The SMILES string of the molecule is NC(=O)CONC(=O)CCCc1ccccc1. The lowest BCUT2D eigenvalue weighted by Crippen LogP contribution is -2.29. The maximum Gasteiger partial charge on any atom is 0.246 e. The highest BCUT2D eigenvalue weighted by Crippen LogP contribution is 2.04. The molecule has 0 bridgehead atoms. The second-order valence-electron chi connectivity index (χ2n) is 3.62. The zero-order chi connectivity index (χ0) is 12.5. The summed E-state index contributed by atoms with van der Waals surface area (Å²) in [6, 6.07) is 9.91. The number of nitrogens with two attached hydrogens (primary N) is 1. The zero-order valence-corrected chi connectivity index (χ0v) is 9.52. The lowest BCUT2D eigenvalue weighted by atomic mass is 10.1. The van der Waals surface area contributed by atoms with E-state index in [2.05, 4.69) is 10.3 Å². The molecule has 0 fully saturated rings. The van der Waals surface area contributed by atoms with Gasteiger partial charge in [0.1, 0.15) is 0 Å². The fourth-order valence-corrected chi connectivity index (χ4v) is 1.34. The number of amides is 2. The van der Waals surface area contributed by atoms with E-state index in [0.29, 0.717) is 6.42 Å². The van der Waals surface area contributed by atoms with Crippen LogP contribution in [-0.2, 0) is 20.8 Å². The van der Waals surface area contributed by atoms with Gasteiger partial charge in [0.05, 0.1) is 0 Å². The van der Waals surface area contributed by atoms with Gasteiger partial charge in [-0.1, -0.05) is 30.3 Å². The van der Waals surface area contributed by atoms with Crippen LogP contribution in [0.2, 0.25) is 0 Å². The van der Waals surface area contributed by atoms with Crippen molar-refractivity contribution in [2.75, 3.05) is 6.61 Å². The summed E-state index contributed by atoms with van der Waals surface area (Å²) >= 11 is 0. The van der Waals surface area contributed by atoms with Crippen LogP contribution in [0.4, 0.5) is 0 Å². The van der Waals surface area contributed by atoms with Crippen molar-refractivity contribution in [2.45, 2.75) is 19.3 Å². The number of aryl methyl sites for hydroxylation is 1. The molecule has 0 atom stereocenters. The molecule has 1 rings (SSSR count). The number of benzene rings is 1. The summed E-state index contributed by atoms with van der Waals surface area (Å²) in [6.07, 6.45) is 1.92. The van der Waals surface area contributed by atoms with Crippen LogP contribution in [-0.4, -0.2) is 18.4 Å². The predicted molar refractivity (Wildman–Crippen MR) is 62.7 cm³/mol. The second-order valence-corrected chi connectivity index (χ2v) is 3.62. The summed E-state index contributed by atoms with van der Waals surface area (Å²) in [4.78, 5) is 26.1. The van der Waals surface area contributed by atoms with Crippen molar-refractivity contribution in [3.63, 3.8) is 0 Å². The number of hydroxylamine groups is 1. The van der Waals surface area contributed by atoms with Gasteiger partial charge in [0.2, 0.25) is 11.8 Å². The molecule has 3 N–H and O–H groups in total. The minimum absolute atomic E-state index is 0.248. The van der Waals surface area contributed by atoms with Gasteiger partial charge in [-0.3, -0.25) is 14.4 Å². The van der Waals surface area contributed by atoms with Crippen molar-refractivity contribution < 1.29 is 14.4 Å². The maximum absolute atomic E-state index is 11.2. The third kappa shape index (κ3) is 6.32. The molecule has 0 aromatic heterocycles.